The summed E-state index contributed by atoms with van der Waals surface area (Å²) in [7, 11) is -0.833. The average Bonchev–Trinajstić information content (AvgIpc) is 2.76. The summed E-state index contributed by atoms with van der Waals surface area (Å²) in [6.07, 6.45) is 20.7. The number of aliphatic imine (C=N–C) groups is 2. The van der Waals surface area contributed by atoms with E-state index in [1.807, 2.05) is 52.0 Å². The Hall–Kier alpha value is -1.56. The molecule has 0 N–H and O–H groups in total. The number of hydrogen-bond acceptors (Lipinski definition) is 3. The minimum absolute atomic E-state index is 0. The van der Waals surface area contributed by atoms with Gasteiger partial charge in [-0.2, -0.15) is 0 Å². The first-order valence-electron chi connectivity index (χ1n) is 13.1. The second kappa shape index (κ2) is 16.9. The second-order valence-corrected chi connectivity index (χ2v) is 20.9. The van der Waals surface area contributed by atoms with Crippen LogP contribution in [-0.2, 0) is 17.1 Å². The molecule has 3 rings (SSSR count). The van der Waals surface area contributed by atoms with Crippen molar-refractivity contribution in [2.24, 2.45) is 9.98 Å². The van der Waals surface area contributed by atoms with Crippen LogP contribution in [0.15, 0.2) is 52.4 Å². The van der Waals surface area contributed by atoms with Crippen LogP contribution in [0.2, 0.25) is 5.02 Å². The normalized spacial score (nSPS) is 12.8. The summed E-state index contributed by atoms with van der Waals surface area (Å²) in [5.74, 6) is 0. The molecule has 2 aromatic carbocycles. The number of benzene rings is 2. The van der Waals surface area contributed by atoms with E-state index < -0.39 is 20.1 Å². The van der Waals surface area contributed by atoms with E-state index in [2.05, 4.69) is 89.0 Å². The van der Waals surface area contributed by atoms with Crippen LogP contribution in [0.25, 0.3) is 0 Å². The van der Waals surface area contributed by atoms with Crippen molar-refractivity contribution in [3.63, 3.8) is 0 Å². The molecule has 1 aromatic heterocycles. The van der Waals surface area contributed by atoms with E-state index in [1.165, 1.54) is 16.7 Å². The predicted molar refractivity (Wildman–Crippen MR) is 191 cm³/mol. The molecule has 0 unspecified atom stereocenters. The monoisotopic (exact) mass is 655 g/mol. The SMILES string of the molecule is CC(=Nc1c(C)cc(C)cc1C)c1cccc(C(C)=Nc2c(C)cc(C)cc2Cl)n1.[CH2-]S(C)(C)C.[CH2-]S(C)(C)C.[Fe+2]. The number of aromatic nitrogens is 1. The Morgan fingerprint density at radius 1 is 0.659 bits per heavy atom. The third kappa shape index (κ3) is 16.0. The minimum Gasteiger partial charge on any atom is -0.389 e. The molecule has 0 aliphatic carbocycles. The van der Waals surface area contributed by atoms with Gasteiger partial charge in [0, 0.05) is 0 Å². The fraction of sp³-hybridized carbons (Fsp3) is 0.382. The zero-order valence-electron chi connectivity index (χ0n) is 27.3. The van der Waals surface area contributed by atoms with Crippen molar-refractivity contribution in [3.05, 3.63) is 99.2 Å². The first-order chi connectivity index (χ1) is 18.2. The zero-order valence-corrected chi connectivity index (χ0v) is 30.8. The van der Waals surface area contributed by atoms with Crippen molar-refractivity contribution < 1.29 is 17.1 Å². The van der Waals surface area contributed by atoms with Gasteiger partial charge >= 0.3 is 17.1 Å². The zero-order chi connectivity index (χ0) is 31.0. The minimum atomic E-state index is -0.417. The largest absolute Gasteiger partial charge is 2.00 e. The maximum absolute atomic E-state index is 6.43. The van der Waals surface area contributed by atoms with Gasteiger partial charge in [0.1, 0.15) is 0 Å². The van der Waals surface area contributed by atoms with E-state index in [4.69, 9.17) is 26.6 Å². The molecule has 0 spiro atoms. The summed E-state index contributed by atoms with van der Waals surface area (Å²) in [5.41, 5.74) is 10.9. The Kier molecular flexibility index (Phi) is 16.3. The van der Waals surface area contributed by atoms with Gasteiger partial charge in [-0.15, -0.1) is 0 Å². The molecule has 0 aliphatic heterocycles. The van der Waals surface area contributed by atoms with Crippen LogP contribution in [-0.4, -0.2) is 53.9 Å². The van der Waals surface area contributed by atoms with Crippen LogP contribution in [0, 0.1) is 47.1 Å². The molecule has 0 fully saturated rings. The molecule has 3 nitrogen and oxygen atoms in total. The molecule has 0 radical (unpaired) electrons. The van der Waals surface area contributed by atoms with Crippen molar-refractivity contribution >= 4 is 54.5 Å². The third-order valence-electron chi connectivity index (χ3n) is 5.08. The Bertz CT molecular complexity index is 1210. The number of rotatable bonds is 4. The molecular weight excluding hydrogens is 606 g/mol. The first kappa shape index (κ1) is 39.4. The number of nitrogens with zero attached hydrogens (tertiary/aromatic N) is 3. The fourth-order valence-electron chi connectivity index (χ4n) is 3.69. The summed E-state index contributed by atoms with van der Waals surface area (Å²) in [5, 5.41) is 0.658. The van der Waals surface area contributed by atoms with Gasteiger partial charge in [-0.3, -0.25) is 4.99 Å². The Morgan fingerprint density at radius 3 is 1.34 bits per heavy atom. The maximum Gasteiger partial charge on any atom is 2.00 e. The first-order valence-corrected chi connectivity index (χ1v) is 19.5. The van der Waals surface area contributed by atoms with Crippen molar-refractivity contribution in [2.45, 2.75) is 48.5 Å². The summed E-state index contributed by atoms with van der Waals surface area (Å²) < 4.78 is 0. The molecule has 41 heavy (non-hydrogen) atoms. The van der Waals surface area contributed by atoms with Gasteiger partial charge in [0.2, 0.25) is 0 Å². The number of aryl methyl sites for hydroxylation is 5. The Labute approximate surface area is 270 Å². The Balaban J connectivity index is 0.00000125. The standard InChI is InChI=1S/C26H28ClN3.2C4H11S.Fe/c1-15-11-17(3)25(18(4)12-15)28-20(6)23-9-8-10-24(30-23)21(7)29-26-19(5)13-16(2)14-22(26)27;2*1-5(2,3)4;/h8-14H,1-7H3;2*1H2,2-4H3;/q;2*-1;+2. The number of halogens is 1. The van der Waals surface area contributed by atoms with Crippen LogP contribution >= 0.6 is 31.7 Å². The van der Waals surface area contributed by atoms with Crippen molar-refractivity contribution in [3.8, 4) is 0 Å². The van der Waals surface area contributed by atoms with E-state index in [0.717, 1.165) is 45.3 Å². The van der Waals surface area contributed by atoms with Crippen LogP contribution in [0.1, 0.15) is 53.1 Å². The van der Waals surface area contributed by atoms with E-state index in [-0.39, 0.29) is 17.1 Å². The van der Waals surface area contributed by atoms with Gasteiger partial charge < -0.3 is 32.6 Å². The van der Waals surface area contributed by atoms with E-state index in [9.17, 15) is 0 Å². The summed E-state index contributed by atoms with van der Waals surface area (Å²) >= 11 is 6.43. The van der Waals surface area contributed by atoms with Gasteiger partial charge in [-0.1, -0.05) is 79.0 Å². The molecule has 0 bridgehead atoms. The molecule has 1 heterocycles. The molecule has 0 saturated heterocycles. The van der Waals surface area contributed by atoms with Gasteiger partial charge in [0.15, 0.2) is 0 Å². The molecular formula is C34H50ClFeN3S2. The maximum atomic E-state index is 6.43. The Morgan fingerprint density at radius 2 is 0.976 bits per heavy atom. The van der Waals surface area contributed by atoms with Crippen molar-refractivity contribution in [1.29, 1.82) is 0 Å². The van der Waals surface area contributed by atoms with E-state index in [0.29, 0.717) is 5.02 Å². The van der Waals surface area contributed by atoms with E-state index in [1.54, 1.807) is 0 Å². The average molecular weight is 656 g/mol. The van der Waals surface area contributed by atoms with Crippen LogP contribution in [0.5, 0.6) is 0 Å². The molecule has 228 valence electrons. The summed E-state index contributed by atoms with van der Waals surface area (Å²) in [6.45, 7) is 14.3. The molecule has 0 amide bonds. The molecule has 0 aliphatic rings. The van der Waals surface area contributed by atoms with Gasteiger partial charge in [0.05, 0.1) is 39.2 Å². The van der Waals surface area contributed by atoms with Gasteiger partial charge in [-0.05, 0) is 88.9 Å². The van der Waals surface area contributed by atoms with Crippen molar-refractivity contribution in [1.82, 2.24) is 4.98 Å². The van der Waals surface area contributed by atoms with Gasteiger partial charge in [0.25, 0.3) is 0 Å². The van der Waals surface area contributed by atoms with E-state index >= 15 is 0 Å². The molecule has 0 saturated carbocycles. The van der Waals surface area contributed by atoms with Crippen molar-refractivity contribution in [2.75, 3.05) is 37.5 Å². The molecule has 0 atom stereocenters. The molecule has 3 aromatic rings. The molecule has 7 heteroatoms. The number of pyridine rings is 1. The number of hydrogen-bond donors (Lipinski definition) is 0. The fourth-order valence-corrected chi connectivity index (χ4v) is 4.05. The summed E-state index contributed by atoms with van der Waals surface area (Å²) in [4.78, 5) is 14.5. The van der Waals surface area contributed by atoms with Crippen LogP contribution in [0.4, 0.5) is 11.4 Å². The van der Waals surface area contributed by atoms with Crippen LogP contribution < -0.4 is 0 Å². The van der Waals surface area contributed by atoms with Gasteiger partial charge in [-0.25, -0.2) is 9.98 Å². The second-order valence-electron chi connectivity index (χ2n) is 12.1. The smallest absolute Gasteiger partial charge is 0.389 e. The third-order valence-corrected chi connectivity index (χ3v) is 5.37. The topological polar surface area (TPSA) is 37.6 Å². The van der Waals surface area contributed by atoms with Crippen LogP contribution in [0.3, 0.4) is 0 Å². The summed E-state index contributed by atoms with van der Waals surface area (Å²) in [6, 6.07) is 14.3. The predicted octanol–water partition coefficient (Wildman–Crippen LogP) is 10.5. The quantitative estimate of drug-likeness (QED) is 0.157.